The highest BCUT2D eigenvalue weighted by molar-refractivity contribution is 7.80. The van der Waals surface area contributed by atoms with Gasteiger partial charge in [0, 0.05) is 37.6 Å². The molecule has 0 amide bonds. The third kappa shape index (κ3) is 6.85. The zero-order chi connectivity index (χ0) is 17.9. The van der Waals surface area contributed by atoms with Crippen molar-refractivity contribution in [3.05, 3.63) is 67.3 Å². The summed E-state index contributed by atoms with van der Waals surface area (Å²) in [6, 6.07) is 18.1. The lowest BCUT2D eigenvalue weighted by molar-refractivity contribution is 0.363. The van der Waals surface area contributed by atoms with E-state index in [9.17, 15) is 0 Å². The van der Waals surface area contributed by atoms with Crippen LogP contribution in [-0.2, 0) is 0 Å². The van der Waals surface area contributed by atoms with E-state index in [4.69, 9.17) is 17.0 Å². The summed E-state index contributed by atoms with van der Waals surface area (Å²) in [5.41, 5.74) is 2.13. The molecule has 0 aliphatic carbocycles. The highest BCUT2D eigenvalue weighted by Gasteiger charge is 2.01. The molecule has 0 radical (unpaired) electrons. The van der Waals surface area contributed by atoms with Crippen LogP contribution in [0.5, 0.6) is 5.75 Å². The molecule has 0 unspecified atom stereocenters. The second-order valence-corrected chi connectivity index (χ2v) is 6.03. The lowest BCUT2D eigenvalue weighted by atomic mass is 10.3. The maximum absolute atomic E-state index is 5.52. The maximum atomic E-state index is 5.52. The third-order valence-electron chi connectivity index (χ3n) is 3.61. The summed E-state index contributed by atoms with van der Waals surface area (Å²) in [6.45, 7) is 5.91. The van der Waals surface area contributed by atoms with Gasteiger partial charge in [-0.2, -0.15) is 0 Å². The molecule has 0 atom stereocenters. The van der Waals surface area contributed by atoms with Crippen molar-refractivity contribution in [1.82, 2.24) is 5.32 Å². The number of benzene rings is 2. The topological polar surface area (TPSA) is 36.5 Å². The second-order valence-electron chi connectivity index (χ2n) is 5.62. The van der Waals surface area contributed by atoms with Crippen LogP contribution in [-0.4, -0.2) is 31.9 Å². The molecule has 5 heteroatoms. The molecule has 0 saturated heterocycles. The summed E-state index contributed by atoms with van der Waals surface area (Å²) in [6.07, 6.45) is 2.72. The monoisotopic (exact) mass is 355 g/mol. The van der Waals surface area contributed by atoms with Gasteiger partial charge in [-0.15, -0.1) is 0 Å². The fourth-order valence-electron chi connectivity index (χ4n) is 2.32. The molecule has 2 N–H and O–H groups in total. The van der Waals surface area contributed by atoms with Gasteiger partial charge in [0.15, 0.2) is 5.11 Å². The molecule has 132 valence electrons. The average Bonchev–Trinajstić information content (AvgIpc) is 2.64. The van der Waals surface area contributed by atoms with E-state index >= 15 is 0 Å². The number of para-hydroxylation sites is 1. The van der Waals surface area contributed by atoms with Crippen molar-refractivity contribution >= 4 is 28.7 Å². The lowest BCUT2D eigenvalue weighted by Gasteiger charge is -2.19. The first kappa shape index (κ1) is 18.8. The van der Waals surface area contributed by atoms with E-state index in [0.717, 1.165) is 30.9 Å². The van der Waals surface area contributed by atoms with E-state index in [0.29, 0.717) is 11.7 Å². The molecule has 0 saturated carbocycles. The van der Waals surface area contributed by atoms with Crippen LogP contribution in [0.3, 0.4) is 0 Å². The van der Waals surface area contributed by atoms with Gasteiger partial charge in [0.1, 0.15) is 12.4 Å². The summed E-state index contributed by atoms with van der Waals surface area (Å²) >= 11 is 5.35. The number of nitrogens with one attached hydrogen (secondary N) is 2. The Labute approximate surface area is 155 Å². The Morgan fingerprint density at radius 2 is 2.00 bits per heavy atom. The molecule has 0 aromatic heterocycles. The van der Waals surface area contributed by atoms with Gasteiger partial charge in [0.25, 0.3) is 0 Å². The van der Waals surface area contributed by atoms with Crippen molar-refractivity contribution in [2.45, 2.75) is 6.42 Å². The van der Waals surface area contributed by atoms with E-state index in [1.54, 1.807) is 6.08 Å². The molecular weight excluding hydrogens is 330 g/mol. The highest BCUT2D eigenvalue weighted by atomic mass is 32.1. The minimum atomic E-state index is 0.487. The quantitative estimate of drug-likeness (QED) is 0.403. The van der Waals surface area contributed by atoms with Gasteiger partial charge in [-0.25, -0.2) is 0 Å². The summed E-state index contributed by atoms with van der Waals surface area (Å²) in [5.74, 6) is 0.789. The number of hydrogen-bond acceptors (Lipinski definition) is 3. The minimum absolute atomic E-state index is 0.487. The van der Waals surface area contributed by atoms with Crippen LogP contribution in [0.1, 0.15) is 6.42 Å². The van der Waals surface area contributed by atoms with E-state index in [-0.39, 0.29) is 0 Å². The smallest absolute Gasteiger partial charge is 0.170 e. The van der Waals surface area contributed by atoms with Crippen molar-refractivity contribution in [3.8, 4) is 5.75 Å². The maximum Gasteiger partial charge on any atom is 0.170 e. The fraction of sp³-hybridized carbons (Fsp3) is 0.250. The average molecular weight is 356 g/mol. The number of anilines is 2. The molecule has 0 aliphatic rings. The summed E-state index contributed by atoms with van der Waals surface area (Å²) < 4.78 is 5.52. The van der Waals surface area contributed by atoms with E-state index in [1.807, 2.05) is 30.3 Å². The van der Waals surface area contributed by atoms with Crippen LogP contribution in [0.15, 0.2) is 67.3 Å². The molecule has 2 rings (SSSR count). The number of hydrogen-bond donors (Lipinski definition) is 2. The Hall–Kier alpha value is -2.53. The van der Waals surface area contributed by atoms with Crippen LogP contribution < -0.4 is 20.3 Å². The minimum Gasteiger partial charge on any atom is -0.489 e. The molecule has 0 fully saturated rings. The van der Waals surface area contributed by atoms with Gasteiger partial charge >= 0.3 is 0 Å². The third-order valence-corrected chi connectivity index (χ3v) is 3.86. The lowest BCUT2D eigenvalue weighted by Crippen LogP contribution is -2.31. The van der Waals surface area contributed by atoms with Crippen molar-refractivity contribution in [2.75, 3.05) is 37.0 Å². The van der Waals surface area contributed by atoms with Crippen LogP contribution in [0.25, 0.3) is 0 Å². The molecule has 0 bridgehead atoms. The van der Waals surface area contributed by atoms with Crippen molar-refractivity contribution in [2.24, 2.45) is 0 Å². The molecule has 2 aromatic rings. The van der Waals surface area contributed by atoms with Crippen LogP contribution in [0.4, 0.5) is 11.4 Å². The number of thiocarbonyl (C=S) groups is 1. The van der Waals surface area contributed by atoms with Gasteiger partial charge in [-0.05, 0) is 42.9 Å². The van der Waals surface area contributed by atoms with E-state index < -0.39 is 0 Å². The zero-order valence-corrected chi connectivity index (χ0v) is 15.4. The second kappa shape index (κ2) is 10.4. The predicted molar refractivity (Wildman–Crippen MR) is 111 cm³/mol. The van der Waals surface area contributed by atoms with Crippen molar-refractivity contribution in [3.63, 3.8) is 0 Å². The molecule has 0 spiro atoms. The standard InChI is InChI=1S/C20H25N3OS/c1-3-15-24-19-12-7-9-17(16-19)22-20(25)21-13-8-14-23(2)18-10-5-4-6-11-18/h3-7,9-12,16H,1,8,13-15H2,2H3,(H2,21,22,25). The largest absolute Gasteiger partial charge is 0.489 e. The summed E-state index contributed by atoms with van der Waals surface area (Å²) in [4.78, 5) is 2.23. The summed E-state index contributed by atoms with van der Waals surface area (Å²) in [7, 11) is 2.10. The number of nitrogens with zero attached hydrogens (tertiary/aromatic N) is 1. The Balaban J connectivity index is 1.69. The molecule has 0 aliphatic heterocycles. The first-order chi connectivity index (χ1) is 12.2. The molecule has 2 aromatic carbocycles. The van der Waals surface area contributed by atoms with Crippen LogP contribution >= 0.6 is 12.2 Å². The SMILES string of the molecule is C=CCOc1cccc(NC(=S)NCCCN(C)c2ccccc2)c1. The van der Waals surface area contributed by atoms with Gasteiger partial charge in [0.05, 0.1) is 0 Å². The Morgan fingerprint density at radius 1 is 1.20 bits per heavy atom. The first-order valence-electron chi connectivity index (χ1n) is 8.34. The van der Waals surface area contributed by atoms with E-state index in [1.165, 1.54) is 5.69 Å². The van der Waals surface area contributed by atoms with Gasteiger partial charge < -0.3 is 20.3 Å². The fourth-order valence-corrected chi connectivity index (χ4v) is 2.54. The summed E-state index contributed by atoms with van der Waals surface area (Å²) in [5, 5.41) is 7.03. The Morgan fingerprint density at radius 3 is 2.76 bits per heavy atom. The van der Waals surface area contributed by atoms with Crippen molar-refractivity contribution in [1.29, 1.82) is 0 Å². The zero-order valence-electron chi connectivity index (χ0n) is 14.6. The predicted octanol–water partition coefficient (Wildman–Crippen LogP) is 4.06. The normalized spacial score (nSPS) is 9.96. The number of ether oxygens (including phenoxy) is 1. The van der Waals surface area contributed by atoms with Gasteiger partial charge in [-0.1, -0.05) is 36.9 Å². The van der Waals surface area contributed by atoms with Gasteiger partial charge in [0.2, 0.25) is 0 Å². The molecule has 4 nitrogen and oxygen atoms in total. The number of rotatable bonds is 9. The Kier molecular flexibility index (Phi) is 7.79. The van der Waals surface area contributed by atoms with Crippen LogP contribution in [0, 0.1) is 0 Å². The highest BCUT2D eigenvalue weighted by Crippen LogP contribution is 2.17. The Bertz CT molecular complexity index is 676. The molecule has 25 heavy (non-hydrogen) atoms. The first-order valence-corrected chi connectivity index (χ1v) is 8.74. The van der Waals surface area contributed by atoms with Crippen LogP contribution in [0.2, 0.25) is 0 Å². The van der Waals surface area contributed by atoms with Crippen molar-refractivity contribution < 1.29 is 4.74 Å². The van der Waals surface area contributed by atoms with Gasteiger partial charge in [-0.3, -0.25) is 0 Å². The molecule has 0 heterocycles. The molecular formula is C20H25N3OS. The van der Waals surface area contributed by atoms with E-state index in [2.05, 4.69) is 53.4 Å².